The molecule has 0 aromatic heterocycles. The molecule has 2 rings (SSSR count). The van der Waals surface area contributed by atoms with Crippen LogP contribution in [-0.4, -0.2) is 20.1 Å². The van der Waals surface area contributed by atoms with Gasteiger partial charge in [0.1, 0.15) is 0 Å². The van der Waals surface area contributed by atoms with E-state index in [0.717, 1.165) is 5.92 Å². The molecule has 17 heavy (non-hydrogen) atoms. The summed E-state index contributed by atoms with van der Waals surface area (Å²) in [5.74, 6) is 0.915. The molecule has 1 aromatic carbocycles. The summed E-state index contributed by atoms with van der Waals surface area (Å²) in [5, 5.41) is 3.33. The summed E-state index contributed by atoms with van der Waals surface area (Å²) in [5.41, 5.74) is 2.84. The number of nitrogens with zero attached hydrogens (tertiary/aromatic N) is 1. The molecule has 0 radical (unpaired) electrons. The first-order chi connectivity index (χ1) is 8.26. The zero-order valence-corrected chi connectivity index (χ0v) is 11.2. The van der Waals surface area contributed by atoms with Crippen LogP contribution in [0.15, 0.2) is 24.3 Å². The van der Waals surface area contributed by atoms with E-state index in [0.29, 0.717) is 6.04 Å². The summed E-state index contributed by atoms with van der Waals surface area (Å²) in [4.78, 5) is 2.52. The number of anilines is 1. The lowest BCUT2D eigenvalue weighted by Gasteiger charge is -2.42. The van der Waals surface area contributed by atoms with Crippen molar-refractivity contribution in [2.45, 2.75) is 32.7 Å². The number of benzene rings is 1. The SMILES string of the molecule is CCCC1CN(c2ccccc2C(C)NC)C1. The van der Waals surface area contributed by atoms with Crippen molar-refractivity contribution in [3.05, 3.63) is 29.8 Å². The first kappa shape index (κ1) is 12.4. The zero-order chi connectivity index (χ0) is 12.3. The van der Waals surface area contributed by atoms with Gasteiger partial charge in [0.05, 0.1) is 0 Å². The predicted molar refractivity (Wildman–Crippen MR) is 74.5 cm³/mol. The van der Waals surface area contributed by atoms with Gasteiger partial charge in [-0.15, -0.1) is 0 Å². The molecular formula is C15H24N2. The zero-order valence-electron chi connectivity index (χ0n) is 11.2. The van der Waals surface area contributed by atoms with Gasteiger partial charge in [-0.05, 0) is 37.9 Å². The van der Waals surface area contributed by atoms with Crippen molar-refractivity contribution in [2.24, 2.45) is 5.92 Å². The first-order valence-electron chi connectivity index (χ1n) is 6.77. The number of rotatable bonds is 5. The van der Waals surface area contributed by atoms with Crippen LogP contribution in [0, 0.1) is 5.92 Å². The van der Waals surface area contributed by atoms with Crippen LogP contribution in [0.5, 0.6) is 0 Å². The Kier molecular flexibility index (Phi) is 4.06. The molecule has 1 aromatic rings. The minimum absolute atomic E-state index is 0.427. The minimum atomic E-state index is 0.427. The number of hydrogen-bond donors (Lipinski definition) is 1. The first-order valence-corrected chi connectivity index (χ1v) is 6.77. The maximum absolute atomic E-state index is 3.33. The summed E-state index contributed by atoms with van der Waals surface area (Å²) < 4.78 is 0. The van der Waals surface area contributed by atoms with Gasteiger partial charge < -0.3 is 10.2 Å². The Hall–Kier alpha value is -1.02. The van der Waals surface area contributed by atoms with Gasteiger partial charge in [0.2, 0.25) is 0 Å². The van der Waals surface area contributed by atoms with E-state index in [1.807, 2.05) is 7.05 Å². The number of para-hydroxylation sites is 1. The Bertz CT molecular complexity index is 356. The molecule has 1 atom stereocenters. The fraction of sp³-hybridized carbons (Fsp3) is 0.600. The second-order valence-corrected chi connectivity index (χ2v) is 5.13. The summed E-state index contributed by atoms with van der Waals surface area (Å²) in [7, 11) is 2.03. The number of hydrogen-bond acceptors (Lipinski definition) is 2. The second kappa shape index (κ2) is 5.54. The fourth-order valence-corrected chi connectivity index (χ4v) is 2.65. The molecule has 94 valence electrons. The highest BCUT2D eigenvalue weighted by atomic mass is 15.2. The monoisotopic (exact) mass is 232 g/mol. The summed E-state index contributed by atoms with van der Waals surface area (Å²) >= 11 is 0. The standard InChI is InChI=1S/C15H24N2/c1-4-7-13-10-17(11-13)15-9-6-5-8-14(15)12(2)16-3/h5-6,8-9,12-13,16H,4,7,10-11H2,1-3H3. The fourth-order valence-electron chi connectivity index (χ4n) is 2.65. The number of nitrogens with one attached hydrogen (secondary N) is 1. The normalized spacial score (nSPS) is 17.9. The average Bonchev–Trinajstić information content (AvgIpc) is 2.32. The molecule has 0 amide bonds. The van der Waals surface area contributed by atoms with Crippen LogP contribution in [-0.2, 0) is 0 Å². The third kappa shape index (κ3) is 2.63. The third-order valence-corrected chi connectivity index (χ3v) is 3.83. The van der Waals surface area contributed by atoms with Gasteiger partial charge in [-0.25, -0.2) is 0 Å². The molecule has 0 spiro atoms. The van der Waals surface area contributed by atoms with Gasteiger partial charge in [0.25, 0.3) is 0 Å². The van der Waals surface area contributed by atoms with Crippen molar-refractivity contribution < 1.29 is 0 Å². The van der Waals surface area contributed by atoms with Crippen LogP contribution in [0.4, 0.5) is 5.69 Å². The van der Waals surface area contributed by atoms with Crippen LogP contribution >= 0.6 is 0 Å². The molecule has 1 saturated heterocycles. The lowest BCUT2D eigenvalue weighted by molar-refractivity contribution is 0.379. The highest BCUT2D eigenvalue weighted by molar-refractivity contribution is 5.56. The Labute approximate surface area is 105 Å². The van der Waals surface area contributed by atoms with Gasteiger partial charge in [-0.2, -0.15) is 0 Å². The highest BCUT2D eigenvalue weighted by Crippen LogP contribution is 2.32. The van der Waals surface area contributed by atoms with Crippen LogP contribution in [0.2, 0.25) is 0 Å². The van der Waals surface area contributed by atoms with E-state index in [1.165, 1.54) is 37.2 Å². The smallest absolute Gasteiger partial charge is 0.0414 e. The molecular weight excluding hydrogens is 208 g/mol. The van der Waals surface area contributed by atoms with E-state index in [2.05, 4.69) is 48.3 Å². The van der Waals surface area contributed by atoms with E-state index >= 15 is 0 Å². The average molecular weight is 232 g/mol. The third-order valence-electron chi connectivity index (χ3n) is 3.83. The van der Waals surface area contributed by atoms with Gasteiger partial charge in [-0.3, -0.25) is 0 Å². The molecule has 1 N–H and O–H groups in total. The van der Waals surface area contributed by atoms with E-state index in [1.54, 1.807) is 0 Å². The minimum Gasteiger partial charge on any atom is -0.371 e. The Morgan fingerprint density at radius 3 is 2.71 bits per heavy atom. The molecule has 1 aliphatic heterocycles. The van der Waals surface area contributed by atoms with Gasteiger partial charge in [0, 0.05) is 24.8 Å². The van der Waals surface area contributed by atoms with Crippen LogP contribution in [0.3, 0.4) is 0 Å². The maximum Gasteiger partial charge on any atom is 0.0414 e. The molecule has 2 nitrogen and oxygen atoms in total. The molecule has 1 fully saturated rings. The van der Waals surface area contributed by atoms with Crippen molar-refractivity contribution in [3.63, 3.8) is 0 Å². The van der Waals surface area contributed by atoms with E-state index in [9.17, 15) is 0 Å². The molecule has 1 heterocycles. The maximum atomic E-state index is 3.33. The van der Waals surface area contributed by atoms with Gasteiger partial charge >= 0.3 is 0 Å². The quantitative estimate of drug-likeness (QED) is 0.838. The summed E-state index contributed by atoms with van der Waals surface area (Å²) in [6.45, 7) is 6.98. The Morgan fingerprint density at radius 2 is 2.06 bits per heavy atom. The van der Waals surface area contributed by atoms with Crippen molar-refractivity contribution in [2.75, 3.05) is 25.0 Å². The Morgan fingerprint density at radius 1 is 1.35 bits per heavy atom. The lowest BCUT2D eigenvalue weighted by Crippen LogP contribution is -2.47. The van der Waals surface area contributed by atoms with Gasteiger partial charge in [0.15, 0.2) is 0 Å². The van der Waals surface area contributed by atoms with Crippen molar-refractivity contribution in [1.82, 2.24) is 5.32 Å². The molecule has 1 unspecified atom stereocenters. The molecule has 2 heteroatoms. The summed E-state index contributed by atoms with van der Waals surface area (Å²) in [6.07, 6.45) is 2.69. The van der Waals surface area contributed by atoms with Gasteiger partial charge in [-0.1, -0.05) is 31.5 Å². The van der Waals surface area contributed by atoms with E-state index in [-0.39, 0.29) is 0 Å². The van der Waals surface area contributed by atoms with Crippen molar-refractivity contribution in [3.8, 4) is 0 Å². The predicted octanol–water partition coefficient (Wildman–Crippen LogP) is 3.20. The van der Waals surface area contributed by atoms with Crippen LogP contribution < -0.4 is 10.2 Å². The highest BCUT2D eigenvalue weighted by Gasteiger charge is 2.27. The topological polar surface area (TPSA) is 15.3 Å². The van der Waals surface area contributed by atoms with Crippen molar-refractivity contribution >= 4 is 5.69 Å². The molecule has 1 aliphatic rings. The largest absolute Gasteiger partial charge is 0.371 e. The van der Waals surface area contributed by atoms with Crippen LogP contribution in [0.1, 0.15) is 38.3 Å². The second-order valence-electron chi connectivity index (χ2n) is 5.13. The van der Waals surface area contributed by atoms with E-state index < -0.39 is 0 Å². The van der Waals surface area contributed by atoms with Crippen LogP contribution in [0.25, 0.3) is 0 Å². The van der Waals surface area contributed by atoms with Crippen molar-refractivity contribution in [1.29, 1.82) is 0 Å². The van der Waals surface area contributed by atoms with E-state index in [4.69, 9.17) is 0 Å². The summed E-state index contributed by atoms with van der Waals surface area (Å²) in [6, 6.07) is 9.20. The molecule has 0 bridgehead atoms. The Balaban J connectivity index is 2.06. The molecule has 0 aliphatic carbocycles. The molecule has 0 saturated carbocycles. The lowest BCUT2D eigenvalue weighted by atomic mass is 9.92.